The van der Waals surface area contributed by atoms with Crippen LogP contribution in [0, 0.1) is 0 Å². The number of rotatable bonds is 8. The molecule has 0 unspecified atom stereocenters. The van der Waals surface area contributed by atoms with Crippen molar-refractivity contribution in [3.63, 3.8) is 0 Å². The molecule has 3 aromatic carbocycles. The van der Waals surface area contributed by atoms with Gasteiger partial charge in [0.15, 0.2) is 0 Å². The van der Waals surface area contributed by atoms with E-state index < -0.39 is 0 Å². The zero-order chi connectivity index (χ0) is 18.9. The molecule has 3 rings (SSSR count). The average molecular weight is 442 g/mol. The molecule has 0 radical (unpaired) electrons. The van der Waals surface area contributed by atoms with Crippen LogP contribution in [-0.4, -0.2) is 11.7 Å². The Morgan fingerprint density at radius 1 is 0.926 bits per heavy atom. The highest BCUT2D eigenvalue weighted by atomic mass is 79.9. The van der Waals surface area contributed by atoms with Gasteiger partial charge in [0.05, 0.1) is 5.75 Å². The van der Waals surface area contributed by atoms with E-state index in [1.165, 1.54) is 5.56 Å². The molecule has 0 fully saturated rings. The molecule has 0 atom stereocenters. The lowest BCUT2D eigenvalue weighted by Gasteiger charge is -2.09. The second-order valence-electron chi connectivity index (χ2n) is 5.93. The summed E-state index contributed by atoms with van der Waals surface area (Å²) in [6.45, 7) is 0.526. The van der Waals surface area contributed by atoms with Crippen molar-refractivity contribution < 1.29 is 9.53 Å². The first-order chi connectivity index (χ1) is 13.2. The van der Waals surface area contributed by atoms with Gasteiger partial charge in [-0.2, -0.15) is 0 Å². The summed E-state index contributed by atoms with van der Waals surface area (Å²) >= 11 is 5.12. The number of carbonyl (C=O) groups excluding carboxylic acids is 1. The summed E-state index contributed by atoms with van der Waals surface area (Å²) in [6, 6.07) is 25.5. The fraction of sp³-hybridized carbons (Fsp3) is 0.136. The van der Waals surface area contributed by atoms with Gasteiger partial charge in [-0.05, 0) is 41.5 Å². The maximum absolute atomic E-state index is 12.1. The quantitative estimate of drug-likeness (QED) is 0.472. The number of anilines is 1. The lowest BCUT2D eigenvalue weighted by molar-refractivity contribution is -0.113. The van der Waals surface area contributed by atoms with E-state index in [0.29, 0.717) is 12.4 Å². The molecule has 0 aromatic heterocycles. The Hall–Kier alpha value is -2.24. The number of benzene rings is 3. The molecule has 0 bridgehead atoms. The summed E-state index contributed by atoms with van der Waals surface area (Å²) in [5, 5.41) is 2.92. The molecule has 0 spiro atoms. The second-order valence-corrected chi connectivity index (χ2v) is 7.77. The van der Waals surface area contributed by atoms with Crippen molar-refractivity contribution in [3.05, 3.63) is 94.5 Å². The zero-order valence-corrected chi connectivity index (χ0v) is 17.1. The van der Waals surface area contributed by atoms with Gasteiger partial charge in [0.1, 0.15) is 12.4 Å². The molecule has 1 N–H and O–H groups in total. The summed E-state index contributed by atoms with van der Waals surface area (Å²) < 4.78 is 6.83. The molecule has 0 saturated carbocycles. The van der Waals surface area contributed by atoms with Gasteiger partial charge in [0.25, 0.3) is 0 Å². The minimum absolute atomic E-state index is 0.00925. The molecular weight excluding hydrogens is 422 g/mol. The normalized spacial score (nSPS) is 10.4. The van der Waals surface area contributed by atoms with Crippen molar-refractivity contribution >= 4 is 39.3 Å². The van der Waals surface area contributed by atoms with E-state index in [1.807, 2.05) is 72.8 Å². The van der Waals surface area contributed by atoms with E-state index in [2.05, 4.69) is 27.3 Å². The van der Waals surface area contributed by atoms with Crippen LogP contribution in [0.4, 0.5) is 5.69 Å². The summed E-state index contributed by atoms with van der Waals surface area (Å²) in [5.41, 5.74) is 3.08. The first kappa shape index (κ1) is 19.5. The van der Waals surface area contributed by atoms with Crippen LogP contribution in [0.15, 0.2) is 83.3 Å². The number of ether oxygens (including phenoxy) is 1. The van der Waals surface area contributed by atoms with Gasteiger partial charge in [-0.1, -0.05) is 64.5 Å². The standard InChI is InChI=1S/C22H20BrNO2S/c23-21-9-5-4-8-18(21)15-27-16-22(25)24-19-10-12-20(13-11-19)26-14-17-6-2-1-3-7-17/h1-13H,14-16H2,(H,24,25). The van der Waals surface area contributed by atoms with Gasteiger partial charge < -0.3 is 10.1 Å². The van der Waals surface area contributed by atoms with Crippen LogP contribution in [0.2, 0.25) is 0 Å². The van der Waals surface area contributed by atoms with Crippen LogP contribution in [-0.2, 0) is 17.2 Å². The van der Waals surface area contributed by atoms with Crippen LogP contribution in [0.3, 0.4) is 0 Å². The van der Waals surface area contributed by atoms with Crippen LogP contribution < -0.4 is 10.1 Å². The maximum Gasteiger partial charge on any atom is 0.234 e. The largest absolute Gasteiger partial charge is 0.489 e. The molecule has 3 aromatic rings. The van der Waals surface area contributed by atoms with Crippen molar-refractivity contribution in [2.75, 3.05) is 11.1 Å². The predicted molar refractivity (Wildman–Crippen MR) is 116 cm³/mol. The molecule has 0 saturated heterocycles. The number of halogens is 1. The fourth-order valence-corrected chi connectivity index (χ4v) is 3.88. The molecule has 0 aliphatic heterocycles. The van der Waals surface area contributed by atoms with E-state index in [4.69, 9.17) is 4.74 Å². The molecular formula is C22H20BrNO2S. The van der Waals surface area contributed by atoms with E-state index >= 15 is 0 Å². The number of hydrogen-bond donors (Lipinski definition) is 1. The van der Waals surface area contributed by atoms with Gasteiger partial charge in [-0.25, -0.2) is 0 Å². The van der Waals surface area contributed by atoms with Crippen LogP contribution in [0.1, 0.15) is 11.1 Å². The molecule has 1 amide bonds. The van der Waals surface area contributed by atoms with E-state index in [1.54, 1.807) is 11.8 Å². The molecule has 27 heavy (non-hydrogen) atoms. The Bertz CT molecular complexity index is 869. The first-order valence-corrected chi connectivity index (χ1v) is 10.5. The lowest BCUT2D eigenvalue weighted by atomic mass is 10.2. The van der Waals surface area contributed by atoms with Crippen molar-refractivity contribution in [2.24, 2.45) is 0 Å². The first-order valence-electron chi connectivity index (χ1n) is 8.58. The third kappa shape index (κ3) is 6.45. The van der Waals surface area contributed by atoms with Gasteiger partial charge >= 0.3 is 0 Å². The smallest absolute Gasteiger partial charge is 0.234 e. The number of nitrogens with one attached hydrogen (secondary N) is 1. The maximum atomic E-state index is 12.1. The van der Waals surface area contributed by atoms with Crippen LogP contribution in [0.25, 0.3) is 0 Å². The second kappa shape index (κ2) is 10.2. The van der Waals surface area contributed by atoms with Crippen molar-refractivity contribution in [2.45, 2.75) is 12.4 Å². The molecule has 138 valence electrons. The minimum Gasteiger partial charge on any atom is -0.489 e. The molecule has 3 nitrogen and oxygen atoms in total. The highest BCUT2D eigenvalue weighted by Gasteiger charge is 2.05. The Balaban J connectivity index is 1.42. The van der Waals surface area contributed by atoms with Crippen molar-refractivity contribution in [1.82, 2.24) is 0 Å². The Morgan fingerprint density at radius 3 is 2.37 bits per heavy atom. The summed E-state index contributed by atoms with van der Waals surface area (Å²) in [7, 11) is 0. The van der Waals surface area contributed by atoms with E-state index in [-0.39, 0.29) is 5.91 Å². The predicted octanol–water partition coefficient (Wildman–Crippen LogP) is 5.90. The van der Waals surface area contributed by atoms with Crippen LogP contribution in [0.5, 0.6) is 5.75 Å². The van der Waals surface area contributed by atoms with Gasteiger partial charge in [0.2, 0.25) is 5.91 Å². The van der Waals surface area contributed by atoms with Crippen molar-refractivity contribution in [1.29, 1.82) is 0 Å². The average Bonchev–Trinajstić information content (AvgIpc) is 2.70. The summed E-state index contributed by atoms with van der Waals surface area (Å²) in [4.78, 5) is 12.1. The Morgan fingerprint density at radius 2 is 1.63 bits per heavy atom. The number of hydrogen-bond acceptors (Lipinski definition) is 3. The highest BCUT2D eigenvalue weighted by molar-refractivity contribution is 9.10. The highest BCUT2D eigenvalue weighted by Crippen LogP contribution is 2.22. The molecule has 0 aliphatic carbocycles. The Kier molecular flexibility index (Phi) is 7.36. The number of thioether (sulfide) groups is 1. The summed E-state index contributed by atoms with van der Waals surface area (Å²) in [5.74, 6) is 1.97. The third-order valence-corrected chi connectivity index (χ3v) is 5.59. The topological polar surface area (TPSA) is 38.3 Å². The minimum atomic E-state index is -0.00925. The van der Waals surface area contributed by atoms with Crippen molar-refractivity contribution in [3.8, 4) is 5.75 Å². The molecule has 5 heteroatoms. The van der Waals surface area contributed by atoms with Gasteiger partial charge in [-0.15, -0.1) is 11.8 Å². The lowest BCUT2D eigenvalue weighted by Crippen LogP contribution is -2.14. The van der Waals surface area contributed by atoms with E-state index in [9.17, 15) is 4.79 Å². The van der Waals surface area contributed by atoms with Crippen LogP contribution >= 0.6 is 27.7 Å². The number of carbonyl (C=O) groups is 1. The summed E-state index contributed by atoms with van der Waals surface area (Å²) in [6.07, 6.45) is 0. The number of amides is 1. The van der Waals surface area contributed by atoms with E-state index in [0.717, 1.165) is 27.2 Å². The molecule has 0 heterocycles. The third-order valence-electron chi connectivity index (χ3n) is 3.83. The fourth-order valence-electron chi connectivity index (χ4n) is 2.44. The van der Waals surface area contributed by atoms with Gasteiger partial charge in [0, 0.05) is 15.9 Å². The zero-order valence-electron chi connectivity index (χ0n) is 14.7. The monoisotopic (exact) mass is 441 g/mol. The van der Waals surface area contributed by atoms with Gasteiger partial charge in [-0.3, -0.25) is 4.79 Å². The Labute approximate surface area is 172 Å². The SMILES string of the molecule is O=C(CSCc1ccccc1Br)Nc1ccc(OCc2ccccc2)cc1. The molecule has 0 aliphatic rings.